The Labute approximate surface area is 129 Å². The largest absolute Gasteiger partial charge is 0.329 e. The molecule has 0 aliphatic carbocycles. The Kier molecular flexibility index (Phi) is 3.88. The van der Waals surface area contributed by atoms with Crippen molar-refractivity contribution in [2.75, 3.05) is 6.54 Å². The normalized spacial score (nSPS) is 19.4. The number of aryl methyl sites for hydroxylation is 1. The Morgan fingerprint density at radius 3 is 2.50 bits per heavy atom. The van der Waals surface area contributed by atoms with Crippen LogP contribution in [0, 0.1) is 6.92 Å². The Morgan fingerprint density at radius 2 is 1.86 bits per heavy atom. The lowest BCUT2D eigenvalue weighted by Crippen LogP contribution is -2.31. The summed E-state index contributed by atoms with van der Waals surface area (Å²) in [5.41, 5.74) is 1.67. The molecule has 6 heteroatoms. The van der Waals surface area contributed by atoms with Gasteiger partial charge in [0.2, 0.25) is 15.6 Å². The molecule has 0 amide bonds. The molecule has 3 rings (SSSR count). The molecular weight excluding hydrogens is 300 g/mol. The van der Waals surface area contributed by atoms with Crippen molar-refractivity contribution < 1.29 is 8.42 Å². The molecule has 22 heavy (non-hydrogen) atoms. The highest BCUT2D eigenvalue weighted by molar-refractivity contribution is 7.89. The molecule has 0 bridgehead atoms. The van der Waals surface area contributed by atoms with Gasteiger partial charge in [-0.1, -0.05) is 23.8 Å². The van der Waals surface area contributed by atoms with Crippen molar-refractivity contribution in [2.24, 2.45) is 0 Å². The van der Waals surface area contributed by atoms with Crippen molar-refractivity contribution >= 4 is 10.0 Å². The van der Waals surface area contributed by atoms with E-state index in [9.17, 15) is 13.2 Å². The Balaban J connectivity index is 1.97. The van der Waals surface area contributed by atoms with E-state index in [-0.39, 0.29) is 11.6 Å². The van der Waals surface area contributed by atoms with Gasteiger partial charge in [-0.05, 0) is 37.5 Å². The minimum absolute atomic E-state index is 0.185. The molecule has 2 heterocycles. The fourth-order valence-corrected chi connectivity index (χ4v) is 4.52. The number of benzene rings is 1. The maximum absolute atomic E-state index is 12.9. The van der Waals surface area contributed by atoms with Crippen LogP contribution >= 0.6 is 0 Å². The van der Waals surface area contributed by atoms with Gasteiger partial charge in [0.15, 0.2) is 0 Å². The summed E-state index contributed by atoms with van der Waals surface area (Å²) < 4.78 is 27.2. The molecule has 1 aromatic heterocycles. The predicted octanol–water partition coefficient (Wildman–Crippen LogP) is 2.21. The van der Waals surface area contributed by atoms with E-state index in [1.54, 1.807) is 36.5 Å². The third-order valence-corrected chi connectivity index (χ3v) is 5.95. The van der Waals surface area contributed by atoms with Gasteiger partial charge >= 0.3 is 0 Å². The number of aromatic nitrogens is 1. The van der Waals surface area contributed by atoms with E-state index in [1.165, 1.54) is 10.4 Å². The summed E-state index contributed by atoms with van der Waals surface area (Å²) >= 11 is 0. The first-order valence-electron chi connectivity index (χ1n) is 7.25. The number of hydrogen-bond acceptors (Lipinski definition) is 3. The van der Waals surface area contributed by atoms with E-state index in [0.29, 0.717) is 11.4 Å². The molecule has 1 aliphatic rings. The number of rotatable bonds is 3. The highest BCUT2D eigenvalue weighted by Crippen LogP contribution is 2.35. The van der Waals surface area contributed by atoms with Crippen LogP contribution in [0.4, 0.5) is 0 Å². The van der Waals surface area contributed by atoms with Gasteiger partial charge in [-0.15, -0.1) is 0 Å². The van der Waals surface area contributed by atoms with Gasteiger partial charge in [0.25, 0.3) is 0 Å². The number of H-pyrrole nitrogens is 1. The zero-order valence-electron chi connectivity index (χ0n) is 12.3. The van der Waals surface area contributed by atoms with Crippen molar-refractivity contribution in [1.29, 1.82) is 0 Å². The SMILES string of the molecule is Cc1ccc(S(=O)(=O)N2CCCC2c2ccc(=O)[nH]c2)cc1. The Bertz CT molecular complexity index is 805. The van der Waals surface area contributed by atoms with Gasteiger partial charge in [-0.3, -0.25) is 4.79 Å². The summed E-state index contributed by atoms with van der Waals surface area (Å²) in [7, 11) is -3.52. The summed E-state index contributed by atoms with van der Waals surface area (Å²) in [4.78, 5) is 14.1. The molecule has 1 atom stereocenters. The molecule has 2 aromatic rings. The van der Waals surface area contributed by atoms with Crippen molar-refractivity contribution in [2.45, 2.75) is 30.7 Å². The first-order valence-corrected chi connectivity index (χ1v) is 8.69. The second-order valence-electron chi connectivity index (χ2n) is 5.57. The van der Waals surface area contributed by atoms with Crippen LogP contribution in [-0.4, -0.2) is 24.3 Å². The summed E-state index contributed by atoms with van der Waals surface area (Å²) in [5.74, 6) is 0. The molecule has 0 spiro atoms. The third-order valence-electron chi connectivity index (χ3n) is 4.02. The molecule has 0 saturated carbocycles. The summed E-state index contributed by atoms with van der Waals surface area (Å²) in [6.07, 6.45) is 3.18. The van der Waals surface area contributed by atoms with Crippen molar-refractivity contribution in [3.05, 3.63) is 64.1 Å². The van der Waals surface area contributed by atoms with Crippen molar-refractivity contribution in [3.63, 3.8) is 0 Å². The second-order valence-corrected chi connectivity index (χ2v) is 7.46. The number of nitrogens with zero attached hydrogens (tertiary/aromatic N) is 1. The highest BCUT2D eigenvalue weighted by Gasteiger charge is 2.36. The van der Waals surface area contributed by atoms with Gasteiger partial charge in [0, 0.05) is 18.8 Å². The van der Waals surface area contributed by atoms with E-state index >= 15 is 0 Å². The molecule has 1 N–H and O–H groups in total. The molecule has 116 valence electrons. The standard InChI is InChI=1S/C16H18N2O3S/c1-12-4-7-14(8-5-12)22(20,21)18-10-2-3-15(18)13-6-9-16(19)17-11-13/h4-9,11,15H,2-3,10H2,1H3,(H,17,19). The molecule has 1 unspecified atom stereocenters. The number of pyridine rings is 1. The number of hydrogen-bond donors (Lipinski definition) is 1. The molecule has 1 saturated heterocycles. The van der Waals surface area contributed by atoms with E-state index in [2.05, 4.69) is 4.98 Å². The minimum Gasteiger partial charge on any atom is -0.329 e. The first kappa shape index (κ1) is 15.0. The average Bonchev–Trinajstić information content (AvgIpc) is 2.99. The lowest BCUT2D eigenvalue weighted by molar-refractivity contribution is 0.396. The van der Waals surface area contributed by atoms with E-state index in [1.807, 2.05) is 6.92 Å². The fourth-order valence-electron chi connectivity index (χ4n) is 2.84. The number of sulfonamides is 1. The average molecular weight is 318 g/mol. The highest BCUT2D eigenvalue weighted by atomic mass is 32.2. The Morgan fingerprint density at radius 1 is 1.14 bits per heavy atom. The van der Waals surface area contributed by atoms with Crippen LogP contribution in [-0.2, 0) is 10.0 Å². The van der Waals surface area contributed by atoms with Crippen LogP contribution in [0.25, 0.3) is 0 Å². The van der Waals surface area contributed by atoms with Crippen LogP contribution in [0.15, 0.2) is 52.3 Å². The van der Waals surface area contributed by atoms with Crippen LogP contribution < -0.4 is 5.56 Å². The monoisotopic (exact) mass is 318 g/mol. The minimum atomic E-state index is -3.52. The smallest absolute Gasteiger partial charge is 0.247 e. The van der Waals surface area contributed by atoms with Gasteiger partial charge in [0.05, 0.1) is 10.9 Å². The quantitative estimate of drug-likeness (QED) is 0.943. The van der Waals surface area contributed by atoms with Gasteiger partial charge < -0.3 is 4.98 Å². The van der Waals surface area contributed by atoms with E-state index in [0.717, 1.165) is 24.0 Å². The van der Waals surface area contributed by atoms with Crippen LogP contribution in [0.3, 0.4) is 0 Å². The maximum atomic E-state index is 12.9. The molecule has 5 nitrogen and oxygen atoms in total. The summed E-state index contributed by atoms with van der Waals surface area (Å²) in [6.45, 7) is 2.43. The van der Waals surface area contributed by atoms with E-state index < -0.39 is 10.0 Å². The zero-order chi connectivity index (χ0) is 15.7. The molecule has 1 aromatic carbocycles. The summed E-state index contributed by atoms with van der Waals surface area (Å²) in [5, 5.41) is 0. The van der Waals surface area contributed by atoms with Crippen molar-refractivity contribution in [1.82, 2.24) is 9.29 Å². The number of nitrogens with one attached hydrogen (secondary N) is 1. The van der Waals surface area contributed by atoms with Gasteiger partial charge in [-0.2, -0.15) is 4.31 Å². The van der Waals surface area contributed by atoms with Gasteiger partial charge in [-0.25, -0.2) is 8.42 Å². The summed E-state index contributed by atoms with van der Waals surface area (Å²) in [6, 6.07) is 9.81. The topological polar surface area (TPSA) is 70.2 Å². The van der Waals surface area contributed by atoms with Crippen molar-refractivity contribution in [3.8, 4) is 0 Å². The fraction of sp³-hybridized carbons (Fsp3) is 0.312. The molecule has 0 radical (unpaired) electrons. The number of aromatic amines is 1. The predicted molar refractivity (Wildman–Crippen MR) is 84.1 cm³/mol. The van der Waals surface area contributed by atoms with E-state index in [4.69, 9.17) is 0 Å². The molecule has 1 aliphatic heterocycles. The van der Waals surface area contributed by atoms with Crippen LogP contribution in [0.5, 0.6) is 0 Å². The second kappa shape index (κ2) is 5.70. The Hall–Kier alpha value is -1.92. The van der Waals surface area contributed by atoms with Crippen LogP contribution in [0.1, 0.15) is 30.0 Å². The lowest BCUT2D eigenvalue weighted by Gasteiger charge is -2.24. The first-order chi connectivity index (χ1) is 10.5. The van der Waals surface area contributed by atoms with Crippen LogP contribution in [0.2, 0.25) is 0 Å². The molecular formula is C16H18N2O3S. The third kappa shape index (κ3) is 2.71. The molecule has 1 fully saturated rings. The lowest BCUT2D eigenvalue weighted by atomic mass is 10.1. The zero-order valence-corrected chi connectivity index (χ0v) is 13.1. The van der Waals surface area contributed by atoms with Gasteiger partial charge in [0.1, 0.15) is 0 Å². The maximum Gasteiger partial charge on any atom is 0.247 e.